The van der Waals surface area contributed by atoms with E-state index in [1.54, 1.807) is 18.5 Å². The first-order valence-electron chi connectivity index (χ1n) is 10.5. The Labute approximate surface area is 176 Å². The van der Waals surface area contributed by atoms with Crippen molar-refractivity contribution in [3.8, 4) is 11.9 Å². The van der Waals surface area contributed by atoms with Gasteiger partial charge >= 0.3 is 0 Å². The van der Waals surface area contributed by atoms with Crippen LogP contribution in [0.15, 0.2) is 36.8 Å². The number of fused-ring (bicyclic) bond motifs is 1. The maximum Gasteiger partial charge on any atom is 0.255 e. The third kappa shape index (κ3) is 4.13. The number of nitriles is 1. The summed E-state index contributed by atoms with van der Waals surface area (Å²) < 4.78 is 1.87. The van der Waals surface area contributed by atoms with Crippen LogP contribution in [-0.2, 0) is 0 Å². The predicted octanol–water partition coefficient (Wildman–Crippen LogP) is 4.17. The number of aromatic nitrogens is 3. The van der Waals surface area contributed by atoms with E-state index in [0.717, 1.165) is 29.6 Å². The number of pyridine rings is 2. The number of nitrogens with one attached hydrogen (secondary N) is 2. The second-order valence-electron chi connectivity index (χ2n) is 8.13. The lowest BCUT2D eigenvalue weighted by Gasteiger charge is -2.23. The van der Waals surface area contributed by atoms with Crippen molar-refractivity contribution in [1.82, 2.24) is 19.9 Å². The third-order valence-electron chi connectivity index (χ3n) is 5.42. The Bertz CT molecular complexity index is 1100. The van der Waals surface area contributed by atoms with Gasteiger partial charge in [0.15, 0.2) is 0 Å². The van der Waals surface area contributed by atoms with E-state index in [9.17, 15) is 4.79 Å². The SMILES string of the molecule is CC(C)Nc1cc(-n2ccc3cc(C#N)cnc32)ncc1C(=O)NC1CCCCC1. The molecule has 7 nitrogen and oxygen atoms in total. The number of hydrogen-bond acceptors (Lipinski definition) is 5. The monoisotopic (exact) mass is 402 g/mol. The van der Waals surface area contributed by atoms with E-state index in [1.165, 1.54) is 19.3 Å². The molecule has 2 N–H and O–H groups in total. The zero-order chi connectivity index (χ0) is 21.1. The summed E-state index contributed by atoms with van der Waals surface area (Å²) in [5.74, 6) is 0.581. The maximum absolute atomic E-state index is 13.0. The largest absolute Gasteiger partial charge is 0.382 e. The second kappa shape index (κ2) is 8.54. The van der Waals surface area contributed by atoms with Crippen molar-refractivity contribution >= 4 is 22.6 Å². The molecule has 1 saturated carbocycles. The first kappa shape index (κ1) is 19.9. The van der Waals surface area contributed by atoms with Crippen LogP contribution >= 0.6 is 0 Å². The molecule has 3 aromatic heterocycles. The van der Waals surface area contributed by atoms with E-state index in [4.69, 9.17) is 5.26 Å². The molecule has 0 radical (unpaired) electrons. The van der Waals surface area contributed by atoms with Crippen LogP contribution in [0, 0.1) is 11.3 Å². The molecular formula is C23H26N6O. The van der Waals surface area contributed by atoms with E-state index in [2.05, 4.69) is 26.7 Å². The first-order valence-corrected chi connectivity index (χ1v) is 10.5. The number of anilines is 1. The molecule has 3 aromatic rings. The molecule has 1 amide bonds. The van der Waals surface area contributed by atoms with Gasteiger partial charge in [0.05, 0.1) is 16.8 Å². The van der Waals surface area contributed by atoms with Crippen molar-refractivity contribution in [3.05, 3.63) is 47.9 Å². The van der Waals surface area contributed by atoms with Gasteiger partial charge in [0.1, 0.15) is 17.5 Å². The van der Waals surface area contributed by atoms with E-state index in [0.29, 0.717) is 16.9 Å². The van der Waals surface area contributed by atoms with Crippen molar-refractivity contribution in [2.75, 3.05) is 5.32 Å². The molecule has 1 fully saturated rings. The molecule has 0 aromatic carbocycles. The van der Waals surface area contributed by atoms with Crippen LogP contribution in [0.25, 0.3) is 16.9 Å². The molecule has 0 atom stereocenters. The van der Waals surface area contributed by atoms with E-state index in [-0.39, 0.29) is 18.0 Å². The summed E-state index contributed by atoms with van der Waals surface area (Å²) >= 11 is 0. The maximum atomic E-state index is 13.0. The van der Waals surface area contributed by atoms with Crippen LogP contribution in [0.1, 0.15) is 61.9 Å². The van der Waals surface area contributed by atoms with Crippen LogP contribution in [-0.4, -0.2) is 32.5 Å². The zero-order valence-corrected chi connectivity index (χ0v) is 17.4. The molecule has 4 rings (SSSR count). The van der Waals surface area contributed by atoms with Gasteiger partial charge in [0.25, 0.3) is 5.91 Å². The van der Waals surface area contributed by atoms with Crippen LogP contribution in [0.3, 0.4) is 0 Å². The van der Waals surface area contributed by atoms with Crippen molar-refractivity contribution < 1.29 is 4.79 Å². The van der Waals surface area contributed by atoms with E-state index < -0.39 is 0 Å². The first-order chi connectivity index (χ1) is 14.5. The number of carbonyl (C=O) groups excluding carboxylic acids is 1. The fourth-order valence-corrected chi connectivity index (χ4v) is 3.97. The van der Waals surface area contributed by atoms with Gasteiger partial charge in [0, 0.05) is 42.1 Å². The van der Waals surface area contributed by atoms with E-state index >= 15 is 0 Å². The molecule has 3 heterocycles. The highest BCUT2D eigenvalue weighted by Gasteiger charge is 2.20. The van der Waals surface area contributed by atoms with Crippen molar-refractivity contribution in [2.24, 2.45) is 0 Å². The average Bonchev–Trinajstić information content (AvgIpc) is 3.17. The van der Waals surface area contributed by atoms with Crippen molar-refractivity contribution in [3.63, 3.8) is 0 Å². The molecule has 154 valence electrons. The molecule has 0 spiro atoms. The Balaban J connectivity index is 1.67. The van der Waals surface area contributed by atoms with Crippen LogP contribution in [0.4, 0.5) is 5.69 Å². The fraction of sp³-hybridized carbons (Fsp3) is 0.391. The zero-order valence-electron chi connectivity index (χ0n) is 17.4. The smallest absolute Gasteiger partial charge is 0.255 e. The van der Waals surface area contributed by atoms with Crippen LogP contribution < -0.4 is 10.6 Å². The number of rotatable bonds is 5. The predicted molar refractivity (Wildman–Crippen MR) is 117 cm³/mol. The topological polar surface area (TPSA) is 95.6 Å². The summed E-state index contributed by atoms with van der Waals surface area (Å²) in [6.07, 6.45) is 10.7. The van der Waals surface area contributed by atoms with Gasteiger partial charge in [-0.2, -0.15) is 5.26 Å². The van der Waals surface area contributed by atoms with Crippen LogP contribution in [0.2, 0.25) is 0 Å². The Hall–Kier alpha value is -3.40. The molecule has 30 heavy (non-hydrogen) atoms. The number of carbonyl (C=O) groups is 1. The number of hydrogen-bond donors (Lipinski definition) is 2. The van der Waals surface area contributed by atoms with Gasteiger partial charge < -0.3 is 10.6 Å². The minimum Gasteiger partial charge on any atom is -0.382 e. The van der Waals surface area contributed by atoms with Crippen molar-refractivity contribution in [2.45, 2.75) is 58.0 Å². The minimum atomic E-state index is -0.0850. The second-order valence-corrected chi connectivity index (χ2v) is 8.13. The molecular weight excluding hydrogens is 376 g/mol. The molecule has 0 aliphatic heterocycles. The average molecular weight is 403 g/mol. The Kier molecular flexibility index (Phi) is 5.66. The Morgan fingerprint density at radius 2 is 2.00 bits per heavy atom. The highest BCUT2D eigenvalue weighted by molar-refractivity contribution is 5.99. The van der Waals surface area contributed by atoms with Gasteiger partial charge in [-0.25, -0.2) is 9.97 Å². The number of amides is 1. The summed E-state index contributed by atoms with van der Waals surface area (Å²) in [5.41, 5.74) is 2.54. The van der Waals surface area contributed by atoms with Gasteiger partial charge in [0.2, 0.25) is 0 Å². The third-order valence-corrected chi connectivity index (χ3v) is 5.42. The molecule has 1 aliphatic rings. The lowest BCUT2D eigenvalue weighted by atomic mass is 9.95. The van der Waals surface area contributed by atoms with Crippen LogP contribution in [0.5, 0.6) is 0 Å². The summed E-state index contributed by atoms with van der Waals surface area (Å²) in [6, 6.07) is 8.11. The molecule has 0 unspecified atom stereocenters. The van der Waals surface area contributed by atoms with Gasteiger partial charge in [-0.15, -0.1) is 0 Å². The summed E-state index contributed by atoms with van der Waals surface area (Å²) in [7, 11) is 0. The lowest BCUT2D eigenvalue weighted by molar-refractivity contribution is 0.0928. The quantitative estimate of drug-likeness (QED) is 0.668. The van der Waals surface area contributed by atoms with Gasteiger partial charge in [-0.1, -0.05) is 19.3 Å². The summed E-state index contributed by atoms with van der Waals surface area (Å²) in [6.45, 7) is 4.08. The minimum absolute atomic E-state index is 0.0850. The normalized spacial score (nSPS) is 14.6. The Morgan fingerprint density at radius 3 is 2.73 bits per heavy atom. The van der Waals surface area contributed by atoms with E-state index in [1.807, 2.05) is 36.7 Å². The molecule has 0 bridgehead atoms. The lowest BCUT2D eigenvalue weighted by Crippen LogP contribution is -2.36. The Morgan fingerprint density at radius 1 is 1.20 bits per heavy atom. The van der Waals surface area contributed by atoms with Gasteiger partial charge in [-0.3, -0.25) is 9.36 Å². The highest BCUT2D eigenvalue weighted by Crippen LogP contribution is 2.24. The standard InChI is InChI=1S/C23H26N6O/c1-15(2)27-20-11-21(29-9-8-17-10-16(12-24)13-26-22(17)29)25-14-19(20)23(30)28-18-6-4-3-5-7-18/h8-11,13-15,18H,3-7H2,1-2H3,(H,25,27)(H,28,30). The fourth-order valence-electron chi connectivity index (χ4n) is 3.97. The molecule has 1 aliphatic carbocycles. The van der Waals surface area contributed by atoms with Gasteiger partial charge in [-0.05, 0) is 38.8 Å². The van der Waals surface area contributed by atoms with Crippen molar-refractivity contribution in [1.29, 1.82) is 5.26 Å². The summed E-state index contributed by atoms with van der Waals surface area (Å²) in [5, 5.41) is 16.5. The molecule has 0 saturated heterocycles. The molecule has 7 heteroatoms. The number of nitrogens with zero attached hydrogens (tertiary/aromatic N) is 4. The summed E-state index contributed by atoms with van der Waals surface area (Å²) in [4.78, 5) is 21.9. The highest BCUT2D eigenvalue weighted by atomic mass is 16.1.